The third-order valence-corrected chi connectivity index (χ3v) is 6.66. The van der Waals surface area contributed by atoms with Crippen LogP contribution in [0.25, 0.3) is 10.2 Å². The molecule has 1 saturated heterocycles. The predicted molar refractivity (Wildman–Crippen MR) is 115 cm³/mol. The van der Waals surface area contributed by atoms with E-state index in [0.717, 1.165) is 55.4 Å². The van der Waals surface area contributed by atoms with Crippen molar-refractivity contribution in [2.45, 2.75) is 64.6 Å². The lowest BCUT2D eigenvalue weighted by Crippen LogP contribution is -2.35. The number of aromatic nitrogens is 1. The average Bonchev–Trinajstić information content (AvgIpc) is 3.33. The second-order valence-electron chi connectivity index (χ2n) is 8.36. The average molecular weight is 416 g/mol. The number of rotatable bonds is 5. The van der Waals surface area contributed by atoms with E-state index in [4.69, 9.17) is 4.74 Å². The predicted octanol–water partition coefficient (Wildman–Crippen LogP) is 4.45. The van der Waals surface area contributed by atoms with Crippen LogP contribution in [0.4, 0.5) is 5.13 Å². The van der Waals surface area contributed by atoms with Gasteiger partial charge in [-0.15, -0.1) is 0 Å². The van der Waals surface area contributed by atoms with Crippen LogP contribution in [-0.2, 0) is 9.53 Å². The number of benzene rings is 1. The van der Waals surface area contributed by atoms with Crippen LogP contribution in [0.2, 0.25) is 0 Å². The van der Waals surface area contributed by atoms with Gasteiger partial charge in [-0.05, 0) is 70.6 Å². The van der Waals surface area contributed by atoms with E-state index in [9.17, 15) is 9.59 Å². The number of nitrogens with one attached hydrogen (secondary N) is 1. The van der Waals surface area contributed by atoms with Crippen molar-refractivity contribution in [3.8, 4) is 0 Å². The van der Waals surface area contributed by atoms with Crippen LogP contribution in [0.3, 0.4) is 0 Å². The van der Waals surface area contributed by atoms with E-state index < -0.39 is 0 Å². The highest BCUT2D eigenvalue weighted by molar-refractivity contribution is 7.22. The van der Waals surface area contributed by atoms with Crippen LogP contribution in [0, 0.1) is 5.92 Å². The Kier molecular flexibility index (Phi) is 6.15. The van der Waals surface area contributed by atoms with Crippen molar-refractivity contribution in [1.29, 1.82) is 0 Å². The fourth-order valence-corrected chi connectivity index (χ4v) is 5.19. The summed E-state index contributed by atoms with van der Waals surface area (Å²) >= 11 is 1.43. The van der Waals surface area contributed by atoms with E-state index in [1.807, 2.05) is 36.9 Å². The van der Waals surface area contributed by atoms with Gasteiger partial charge in [-0.2, -0.15) is 0 Å². The fourth-order valence-electron chi connectivity index (χ4n) is 4.28. The Balaban J connectivity index is 1.41. The lowest BCUT2D eigenvalue weighted by Gasteiger charge is -2.26. The maximum atomic E-state index is 12.7. The molecule has 0 spiro atoms. The van der Waals surface area contributed by atoms with Gasteiger partial charge in [0.25, 0.3) is 5.91 Å². The van der Waals surface area contributed by atoms with E-state index in [1.54, 1.807) is 0 Å². The minimum atomic E-state index is -0.0259. The smallest absolute Gasteiger partial charge is 0.253 e. The standard InChI is InChI=1S/C22H29N3O3S/c1-14(2)28-17-8-6-15(12-17)20(26)24-22-23-18-9-7-16(13-19(18)29-22)21(27)25-10-4-3-5-11-25/h7,9,13-15,17H,3-6,8,10-12H2,1-2H3,(H,23,24,26). The van der Waals surface area contributed by atoms with Crippen LogP contribution < -0.4 is 5.32 Å². The van der Waals surface area contributed by atoms with E-state index in [1.165, 1.54) is 17.8 Å². The Labute approximate surface area is 175 Å². The van der Waals surface area contributed by atoms with E-state index >= 15 is 0 Å². The molecular weight excluding hydrogens is 386 g/mol. The summed E-state index contributed by atoms with van der Waals surface area (Å²) < 4.78 is 6.77. The largest absolute Gasteiger partial charge is 0.376 e. The van der Waals surface area contributed by atoms with Crippen molar-refractivity contribution >= 4 is 38.5 Å². The van der Waals surface area contributed by atoms with E-state index in [2.05, 4.69) is 10.3 Å². The highest BCUT2D eigenvalue weighted by Crippen LogP contribution is 2.32. The molecule has 2 heterocycles. The first kappa shape index (κ1) is 20.3. The lowest BCUT2D eigenvalue weighted by atomic mass is 10.1. The van der Waals surface area contributed by atoms with Gasteiger partial charge >= 0.3 is 0 Å². The Morgan fingerprint density at radius 2 is 2.00 bits per heavy atom. The molecule has 2 fully saturated rings. The first-order chi connectivity index (χ1) is 14.0. The number of anilines is 1. The third kappa shape index (κ3) is 4.78. The summed E-state index contributed by atoms with van der Waals surface area (Å²) in [5.74, 6) is 0.0817. The molecule has 156 valence electrons. The van der Waals surface area contributed by atoms with Crippen molar-refractivity contribution in [3.63, 3.8) is 0 Å². The molecule has 1 aliphatic carbocycles. The van der Waals surface area contributed by atoms with Gasteiger partial charge in [0.15, 0.2) is 5.13 Å². The van der Waals surface area contributed by atoms with Gasteiger partial charge in [-0.3, -0.25) is 9.59 Å². The van der Waals surface area contributed by atoms with E-state index in [-0.39, 0.29) is 29.9 Å². The summed E-state index contributed by atoms with van der Waals surface area (Å²) in [6.07, 6.45) is 6.26. The quantitative estimate of drug-likeness (QED) is 0.783. The first-order valence-corrected chi connectivity index (χ1v) is 11.5. The van der Waals surface area contributed by atoms with E-state index in [0.29, 0.717) is 10.7 Å². The topological polar surface area (TPSA) is 71.5 Å². The summed E-state index contributed by atoms with van der Waals surface area (Å²) in [7, 11) is 0. The number of piperidine rings is 1. The molecule has 2 amide bonds. The normalized spacial score (nSPS) is 22.4. The maximum Gasteiger partial charge on any atom is 0.253 e. The second kappa shape index (κ2) is 8.79. The summed E-state index contributed by atoms with van der Waals surface area (Å²) in [4.78, 5) is 31.9. The minimum absolute atomic E-state index is 0.0172. The molecule has 1 aromatic heterocycles. The van der Waals surface area contributed by atoms with Crippen molar-refractivity contribution in [3.05, 3.63) is 23.8 Å². The summed E-state index contributed by atoms with van der Waals surface area (Å²) in [6, 6.07) is 5.62. The number of carbonyl (C=O) groups is 2. The number of hydrogen-bond donors (Lipinski definition) is 1. The van der Waals surface area contributed by atoms with Crippen molar-refractivity contribution in [2.24, 2.45) is 5.92 Å². The highest BCUT2D eigenvalue weighted by atomic mass is 32.1. The van der Waals surface area contributed by atoms with Gasteiger partial charge in [-0.1, -0.05) is 11.3 Å². The molecule has 1 N–H and O–H groups in total. The number of likely N-dealkylation sites (tertiary alicyclic amines) is 1. The Hall–Kier alpha value is -1.99. The van der Waals surface area contributed by atoms with Gasteiger partial charge in [-0.25, -0.2) is 4.98 Å². The van der Waals surface area contributed by atoms with Gasteiger partial charge in [0, 0.05) is 24.6 Å². The molecule has 1 aliphatic heterocycles. The monoisotopic (exact) mass is 415 g/mol. The number of carbonyl (C=O) groups excluding carboxylic acids is 2. The van der Waals surface area contributed by atoms with Gasteiger partial charge in [0.1, 0.15) is 0 Å². The van der Waals surface area contributed by atoms with Gasteiger partial charge in [0.2, 0.25) is 5.91 Å². The molecule has 2 atom stereocenters. The zero-order valence-electron chi connectivity index (χ0n) is 17.1. The van der Waals surface area contributed by atoms with Crippen molar-refractivity contribution in [1.82, 2.24) is 9.88 Å². The highest BCUT2D eigenvalue weighted by Gasteiger charge is 2.31. The molecule has 2 unspecified atom stereocenters. The number of nitrogens with zero attached hydrogens (tertiary/aromatic N) is 2. The Bertz CT molecular complexity index is 889. The number of amides is 2. The molecule has 1 saturated carbocycles. The molecule has 2 aliphatic rings. The zero-order chi connectivity index (χ0) is 20.4. The van der Waals surface area contributed by atoms with Crippen LogP contribution in [-0.4, -0.2) is 47.0 Å². The Morgan fingerprint density at radius 1 is 1.21 bits per heavy atom. The second-order valence-corrected chi connectivity index (χ2v) is 9.39. The number of fused-ring (bicyclic) bond motifs is 1. The molecule has 0 bridgehead atoms. The summed E-state index contributed by atoms with van der Waals surface area (Å²) in [5, 5.41) is 3.57. The molecule has 7 heteroatoms. The number of ether oxygens (including phenoxy) is 1. The minimum Gasteiger partial charge on any atom is -0.376 e. The maximum absolute atomic E-state index is 12.7. The van der Waals surface area contributed by atoms with Gasteiger partial charge < -0.3 is 15.0 Å². The zero-order valence-corrected chi connectivity index (χ0v) is 18.0. The van der Waals surface area contributed by atoms with Crippen LogP contribution in [0.1, 0.15) is 62.7 Å². The Morgan fingerprint density at radius 3 is 2.76 bits per heavy atom. The van der Waals surface area contributed by atoms with Crippen LogP contribution in [0.5, 0.6) is 0 Å². The fraction of sp³-hybridized carbons (Fsp3) is 0.591. The lowest BCUT2D eigenvalue weighted by molar-refractivity contribution is -0.120. The van der Waals surface area contributed by atoms with Crippen LogP contribution >= 0.6 is 11.3 Å². The summed E-state index contributed by atoms with van der Waals surface area (Å²) in [6.45, 7) is 5.73. The number of hydrogen-bond acceptors (Lipinski definition) is 5. The third-order valence-electron chi connectivity index (χ3n) is 5.73. The van der Waals surface area contributed by atoms with Crippen LogP contribution in [0.15, 0.2) is 18.2 Å². The summed E-state index contributed by atoms with van der Waals surface area (Å²) in [5.41, 5.74) is 1.51. The molecule has 1 aromatic carbocycles. The van der Waals surface area contributed by atoms with Crippen molar-refractivity contribution in [2.75, 3.05) is 18.4 Å². The molecular formula is C22H29N3O3S. The van der Waals surface area contributed by atoms with Gasteiger partial charge in [0.05, 0.1) is 22.4 Å². The molecule has 2 aromatic rings. The SMILES string of the molecule is CC(C)OC1CCC(C(=O)Nc2nc3ccc(C(=O)N4CCCCC4)cc3s2)C1. The molecule has 0 radical (unpaired) electrons. The molecule has 29 heavy (non-hydrogen) atoms. The van der Waals surface area contributed by atoms with Crippen molar-refractivity contribution < 1.29 is 14.3 Å². The first-order valence-electron chi connectivity index (χ1n) is 10.7. The molecule has 4 rings (SSSR count). The number of thiazole rings is 1. The molecule has 6 nitrogen and oxygen atoms in total.